The molecular weight excluding hydrogens is 354 g/mol. The second-order valence-corrected chi connectivity index (χ2v) is 7.35. The first-order valence-corrected chi connectivity index (χ1v) is 9.41. The van der Waals surface area contributed by atoms with Crippen LogP contribution in [0.15, 0.2) is 54.6 Å². The third kappa shape index (κ3) is 3.62. The van der Waals surface area contributed by atoms with Gasteiger partial charge in [-0.3, -0.25) is 14.4 Å². The largest absolute Gasteiger partial charge is 0.338 e. The molecule has 0 radical (unpaired) electrons. The molecule has 2 amide bonds. The lowest BCUT2D eigenvalue weighted by Gasteiger charge is -2.37. The number of hydrogen-bond acceptors (Lipinski definition) is 4. The Kier molecular flexibility index (Phi) is 4.84. The molecular formula is C22H21N3O3. The van der Waals surface area contributed by atoms with Crippen molar-refractivity contribution < 1.29 is 14.4 Å². The second kappa shape index (κ2) is 7.45. The predicted molar refractivity (Wildman–Crippen MR) is 102 cm³/mol. The fraction of sp³-hybridized carbons (Fsp3) is 0.318. The standard InChI is InChI=1S/C22H21N3O3/c23-15-17-6-8-19(9-7-17)21(27)24-12-10-22(11-13-24)14-20(26)25(28-22)16-18-4-2-1-3-5-18/h1-9H,10-14,16H2. The van der Waals surface area contributed by atoms with Crippen molar-refractivity contribution in [3.05, 3.63) is 71.3 Å². The van der Waals surface area contributed by atoms with E-state index in [0.29, 0.717) is 50.0 Å². The van der Waals surface area contributed by atoms with E-state index in [1.54, 1.807) is 29.2 Å². The van der Waals surface area contributed by atoms with Crippen LogP contribution in [0.3, 0.4) is 0 Å². The zero-order chi connectivity index (χ0) is 19.6. The lowest BCUT2D eigenvalue weighted by molar-refractivity contribution is -0.213. The number of rotatable bonds is 3. The number of hydrogen-bond donors (Lipinski definition) is 0. The van der Waals surface area contributed by atoms with Gasteiger partial charge in [0, 0.05) is 18.7 Å². The van der Waals surface area contributed by atoms with Crippen molar-refractivity contribution in [2.24, 2.45) is 0 Å². The van der Waals surface area contributed by atoms with Crippen LogP contribution in [0.4, 0.5) is 0 Å². The molecule has 2 saturated heterocycles. The normalized spacial score (nSPS) is 18.3. The van der Waals surface area contributed by atoms with Crippen LogP contribution in [0.25, 0.3) is 0 Å². The van der Waals surface area contributed by atoms with Gasteiger partial charge < -0.3 is 4.90 Å². The van der Waals surface area contributed by atoms with E-state index in [1.165, 1.54) is 5.06 Å². The van der Waals surface area contributed by atoms with Gasteiger partial charge in [0.1, 0.15) is 5.60 Å². The number of carbonyl (C=O) groups excluding carboxylic acids is 2. The molecule has 1 spiro atoms. The highest BCUT2D eigenvalue weighted by molar-refractivity contribution is 5.94. The van der Waals surface area contributed by atoms with Crippen molar-refractivity contribution in [1.29, 1.82) is 5.26 Å². The van der Waals surface area contributed by atoms with Crippen LogP contribution in [0.5, 0.6) is 0 Å². The SMILES string of the molecule is N#Cc1ccc(C(=O)N2CCC3(CC2)CC(=O)N(Cc2ccccc2)O3)cc1. The van der Waals surface area contributed by atoms with E-state index >= 15 is 0 Å². The highest BCUT2D eigenvalue weighted by atomic mass is 16.7. The summed E-state index contributed by atoms with van der Waals surface area (Å²) in [6.45, 7) is 1.53. The molecule has 142 valence electrons. The molecule has 0 aromatic heterocycles. The van der Waals surface area contributed by atoms with E-state index in [2.05, 4.69) is 6.07 Å². The average Bonchev–Trinajstić information content (AvgIpc) is 3.03. The van der Waals surface area contributed by atoms with E-state index in [1.807, 2.05) is 30.3 Å². The Morgan fingerprint density at radius 1 is 1.07 bits per heavy atom. The molecule has 6 heteroatoms. The molecule has 0 N–H and O–H groups in total. The average molecular weight is 375 g/mol. The van der Waals surface area contributed by atoms with Gasteiger partial charge in [0.05, 0.1) is 24.6 Å². The van der Waals surface area contributed by atoms with E-state index in [0.717, 1.165) is 5.56 Å². The van der Waals surface area contributed by atoms with Gasteiger partial charge in [-0.15, -0.1) is 0 Å². The number of amides is 2. The first-order valence-electron chi connectivity index (χ1n) is 9.41. The Balaban J connectivity index is 1.37. The summed E-state index contributed by atoms with van der Waals surface area (Å²) in [6, 6.07) is 18.5. The summed E-state index contributed by atoms with van der Waals surface area (Å²) in [4.78, 5) is 33.0. The Hall–Kier alpha value is -3.17. The third-order valence-corrected chi connectivity index (χ3v) is 5.45. The van der Waals surface area contributed by atoms with Crippen molar-refractivity contribution in [2.75, 3.05) is 13.1 Å². The Morgan fingerprint density at radius 2 is 1.75 bits per heavy atom. The molecule has 6 nitrogen and oxygen atoms in total. The monoisotopic (exact) mass is 375 g/mol. The summed E-state index contributed by atoms with van der Waals surface area (Å²) in [7, 11) is 0. The number of benzene rings is 2. The Morgan fingerprint density at radius 3 is 2.39 bits per heavy atom. The fourth-order valence-corrected chi connectivity index (χ4v) is 3.81. The van der Waals surface area contributed by atoms with Crippen LogP contribution in [0.1, 0.15) is 40.7 Å². The molecule has 0 aliphatic carbocycles. The summed E-state index contributed by atoms with van der Waals surface area (Å²) in [5.74, 6) is -0.0551. The molecule has 2 fully saturated rings. The van der Waals surface area contributed by atoms with Crippen molar-refractivity contribution >= 4 is 11.8 Å². The minimum atomic E-state index is -0.507. The van der Waals surface area contributed by atoms with Crippen LogP contribution in [0, 0.1) is 11.3 Å². The van der Waals surface area contributed by atoms with Gasteiger partial charge in [0.2, 0.25) is 5.91 Å². The van der Waals surface area contributed by atoms with E-state index in [-0.39, 0.29) is 11.8 Å². The molecule has 2 heterocycles. The minimum Gasteiger partial charge on any atom is -0.338 e. The van der Waals surface area contributed by atoms with Crippen molar-refractivity contribution in [3.8, 4) is 6.07 Å². The Bertz CT molecular complexity index is 910. The zero-order valence-corrected chi connectivity index (χ0v) is 15.5. The van der Waals surface area contributed by atoms with Crippen LogP contribution in [0.2, 0.25) is 0 Å². The first-order chi connectivity index (χ1) is 13.6. The lowest BCUT2D eigenvalue weighted by Crippen LogP contribution is -2.47. The molecule has 0 saturated carbocycles. The third-order valence-electron chi connectivity index (χ3n) is 5.45. The summed E-state index contributed by atoms with van der Waals surface area (Å²) < 4.78 is 0. The lowest BCUT2D eigenvalue weighted by atomic mass is 9.88. The number of carbonyl (C=O) groups is 2. The van der Waals surface area contributed by atoms with Crippen LogP contribution in [-0.4, -0.2) is 40.5 Å². The highest BCUT2D eigenvalue weighted by Crippen LogP contribution is 2.37. The maximum absolute atomic E-state index is 12.7. The summed E-state index contributed by atoms with van der Waals surface area (Å²) in [5.41, 5.74) is 1.63. The topological polar surface area (TPSA) is 73.6 Å². The molecule has 2 aliphatic heterocycles. The van der Waals surface area contributed by atoms with Crippen LogP contribution < -0.4 is 0 Å². The quantitative estimate of drug-likeness (QED) is 0.827. The van der Waals surface area contributed by atoms with Gasteiger partial charge in [0.15, 0.2) is 0 Å². The molecule has 0 atom stereocenters. The number of hydroxylamine groups is 2. The number of nitriles is 1. The summed E-state index contributed by atoms with van der Waals surface area (Å²) >= 11 is 0. The number of piperidine rings is 1. The molecule has 2 aliphatic rings. The van der Waals surface area contributed by atoms with E-state index in [9.17, 15) is 9.59 Å². The maximum atomic E-state index is 12.7. The number of nitrogens with zero attached hydrogens (tertiary/aromatic N) is 3. The maximum Gasteiger partial charge on any atom is 0.253 e. The molecule has 4 rings (SSSR count). The molecule has 2 aromatic carbocycles. The van der Waals surface area contributed by atoms with E-state index < -0.39 is 5.60 Å². The van der Waals surface area contributed by atoms with E-state index in [4.69, 9.17) is 10.1 Å². The minimum absolute atomic E-state index is 0.00396. The number of likely N-dealkylation sites (tertiary alicyclic amines) is 1. The molecule has 0 bridgehead atoms. The van der Waals surface area contributed by atoms with Gasteiger partial charge in [-0.05, 0) is 42.7 Å². The molecule has 0 unspecified atom stereocenters. The first kappa shape index (κ1) is 18.2. The van der Waals surface area contributed by atoms with Crippen LogP contribution in [-0.2, 0) is 16.2 Å². The smallest absolute Gasteiger partial charge is 0.253 e. The van der Waals surface area contributed by atoms with Crippen molar-refractivity contribution in [1.82, 2.24) is 9.96 Å². The molecule has 28 heavy (non-hydrogen) atoms. The fourth-order valence-electron chi connectivity index (χ4n) is 3.81. The van der Waals surface area contributed by atoms with Gasteiger partial charge in [-0.2, -0.15) is 5.26 Å². The van der Waals surface area contributed by atoms with Crippen molar-refractivity contribution in [3.63, 3.8) is 0 Å². The summed E-state index contributed by atoms with van der Waals surface area (Å²) in [6.07, 6.45) is 1.62. The van der Waals surface area contributed by atoms with Gasteiger partial charge in [-0.1, -0.05) is 30.3 Å². The highest BCUT2D eigenvalue weighted by Gasteiger charge is 2.47. The van der Waals surface area contributed by atoms with Gasteiger partial charge >= 0.3 is 0 Å². The summed E-state index contributed by atoms with van der Waals surface area (Å²) in [5, 5.41) is 10.3. The van der Waals surface area contributed by atoms with Crippen molar-refractivity contribution in [2.45, 2.75) is 31.4 Å². The Labute approximate surface area is 163 Å². The molecule has 2 aromatic rings. The second-order valence-electron chi connectivity index (χ2n) is 7.35. The predicted octanol–water partition coefficient (Wildman–Crippen LogP) is 2.90. The van der Waals surface area contributed by atoms with Gasteiger partial charge in [-0.25, -0.2) is 5.06 Å². The van der Waals surface area contributed by atoms with Gasteiger partial charge in [0.25, 0.3) is 5.91 Å². The van der Waals surface area contributed by atoms with Crippen LogP contribution >= 0.6 is 0 Å². The zero-order valence-electron chi connectivity index (χ0n) is 15.5.